The Balaban J connectivity index is 1.54. The van der Waals surface area contributed by atoms with Gasteiger partial charge in [-0.2, -0.15) is 5.10 Å². The van der Waals surface area contributed by atoms with Gasteiger partial charge in [0.15, 0.2) is 0 Å². The molecule has 0 bridgehead atoms. The summed E-state index contributed by atoms with van der Waals surface area (Å²) in [5.74, 6) is 0.666. The van der Waals surface area contributed by atoms with Gasteiger partial charge in [-0.25, -0.2) is 14.8 Å². The topological polar surface area (TPSA) is 102 Å². The summed E-state index contributed by atoms with van der Waals surface area (Å²) in [6.07, 6.45) is 4.05. The van der Waals surface area contributed by atoms with Gasteiger partial charge in [-0.3, -0.25) is 9.48 Å². The molecule has 3 aromatic heterocycles. The number of nitrogens with zero attached hydrogens (tertiary/aromatic N) is 5. The number of rotatable bonds is 5. The molecular weight excluding hydrogens is 428 g/mol. The molecule has 10 heteroatoms. The van der Waals surface area contributed by atoms with Crippen molar-refractivity contribution in [1.29, 1.82) is 0 Å². The lowest BCUT2D eigenvalue weighted by Crippen LogP contribution is -2.48. The van der Waals surface area contributed by atoms with Gasteiger partial charge in [-0.05, 0) is 39.8 Å². The molecule has 0 fully saturated rings. The van der Waals surface area contributed by atoms with Gasteiger partial charge in [-0.15, -0.1) is 11.3 Å². The lowest BCUT2D eigenvalue weighted by molar-refractivity contribution is -0.159. The molecule has 168 valence electrons. The molecule has 1 unspecified atom stereocenters. The number of hydrogen-bond acceptors (Lipinski definition) is 8. The van der Waals surface area contributed by atoms with E-state index in [1.807, 2.05) is 46.0 Å². The predicted octanol–water partition coefficient (Wildman–Crippen LogP) is 3.41. The summed E-state index contributed by atoms with van der Waals surface area (Å²) in [6, 6.07) is 4.86. The van der Waals surface area contributed by atoms with Crippen LogP contribution in [0.1, 0.15) is 42.9 Å². The molecule has 9 nitrogen and oxygen atoms in total. The molecule has 0 spiro atoms. The highest BCUT2D eigenvalue weighted by Gasteiger charge is 2.35. The Morgan fingerprint density at radius 2 is 2.06 bits per heavy atom. The second-order valence-corrected chi connectivity index (χ2v) is 9.77. The molecule has 0 saturated carbocycles. The van der Waals surface area contributed by atoms with E-state index >= 15 is 0 Å². The Hall–Kier alpha value is -3.27. The summed E-state index contributed by atoms with van der Waals surface area (Å²) < 4.78 is 7.16. The van der Waals surface area contributed by atoms with Crippen LogP contribution in [0.5, 0.6) is 0 Å². The minimum atomic E-state index is -0.646. The fourth-order valence-corrected chi connectivity index (χ4v) is 4.56. The van der Waals surface area contributed by atoms with Crippen molar-refractivity contribution in [2.24, 2.45) is 7.05 Å². The highest BCUT2D eigenvalue weighted by atomic mass is 32.1. The van der Waals surface area contributed by atoms with E-state index in [1.165, 1.54) is 0 Å². The van der Waals surface area contributed by atoms with Crippen molar-refractivity contribution in [2.75, 3.05) is 11.9 Å². The zero-order chi connectivity index (χ0) is 23.0. The number of thiophene rings is 1. The first kappa shape index (κ1) is 21.9. The third-order valence-corrected chi connectivity index (χ3v) is 6.28. The number of amides is 1. The van der Waals surface area contributed by atoms with Gasteiger partial charge in [0.25, 0.3) is 5.91 Å². The first-order chi connectivity index (χ1) is 15.1. The second-order valence-electron chi connectivity index (χ2n) is 8.64. The lowest BCUT2D eigenvalue weighted by Gasteiger charge is -2.32. The fourth-order valence-electron chi connectivity index (χ4n) is 3.45. The number of nitrogens with one attached hydrogen (secondary N) is 1. The molecule has 1 aliphatic heterocycles. The lowest BCUT2D eigenvalue weighted by atomic mass is 10.1. The first-order valence-corrected chi connectivity index (χ1v) is 11.2. The van der Waals surface area contributed by atoms with Crippen molar-refractivity contribution in [2.45, 2.75) is 45.8 Å². The number of carbonyl (C=O) groups is 2. The van der Waals surface area contributed by atoms with Gasteiger partial charge in [0.2, 0.25) is 5.95 Å². The predicted molar refractivity (Wildman–Crippen MR) is 122 cm³/mol. The van der Waals surface area contributed by atoms with Crippen LogP contribution in [-0.2, 0) is 23.0 Å². The monoisotopic (exact) mass is 454 g/mol. The molecule has 0 saturated heterocycles. The number of esters is 1. The fraction of sp³-hybridized carbons (Fsp3) is 0.409. The molecule has 3 aromatic rings. The summed E-state index contributed by atoms with van der Waals surface area (Å²) in [6.45, 7) is 7.64. The average Bonchev–Trinajstić information content (AvgIpc) is 3.34. The molecule has 4 rings (SSSR count). The summed E-state index contributed by atoms with van der Waals surface area (Å²) in [7, 11) is 1.83. The van der Waals surface area contributed by atoms with Gasteiger partial charge < -0.3 is 15.0 Å². The molecule has 0 radical (unpaired) electrons. The normalized spacial score (nSPS) is 14.8. The van der Waals surface area contributed by atoms with Crippen LogP contribution < -0.4 is 5.32 Å². The Morgan fingerprint density at radius 3 is 2.75 bits per heavy atom. The van der Waals surface area contributed by atoms with E-state index < -0.39 is 17.6 Å². The van der Waals surface area contributed by atoms with Gasteiger partial charge in [0.05, 0.1) is 22.3 Å². The molecule has 32 heavy (non-hydrogen) atoms. The Morgan fingerprint density at radius 1 is 1.28 bits per heavy atom. The van der Waals surface area contributed by atoms with Gasteiger partial charge >= 0.3 is 5.97 Å². The van der Waals surface area contributed by atoms with Crippen molar-refractivity contribution in [1.82, 2.24) is 24.6 Å². The van der Waals surface area contributed by atoms with Crippen LogP contribution in [0.3, 0.4) is 0 Å². The van der Waals surface area contributed by atoms with Crippen LogP contribution in [0.25, 0.3) is 10.6 Å². The molecule has 0 aromatic carbocycles. The van der Waals surface area contributed by atoms with Crippen LogP contribution in [0.4, 0.5) is 11.8 Å². The molecule has 0 aliphatic carbocycles. The molecule has 4 heterocycles. The molecule has 1 atom stereocenters. The molecule has 1 aliphatic rings. The Labute approximate surface area is 190 Å². The van der Waals surface area contributed by atoms with E-state index in [4.69, 9.17) is 4.74 Å². The maximum absolute atomic E-state index is 13.2. The number of ether oxygens (including phenoxy) is 1. The van der Waals surface area contributed by atoms with Crippen LogP contribution in [0.15, 0.2) is 30.6 Å². The Kier molecular flexibility index (Phi) is 5.72. The van der Waals surface area contributed by atoms with Crippen molar-refractivity contribution in [3.63, 3.8) is 0 Å². The van der Waals surface area contributed by atoms with Crippen LogP contribution in [0, 0.1) is 0 Å². The number of carbonyl (C=O) groups excluding carboxylic acids is 2. The standard InChI is InChI=1S/C22H26N6O3S/c1-13(20(30)31-22(2,3)4)28-11-8-16-14(19(28)29)12-17(32-16)15-6-9-23-21(25-15)26-18-7-10-24-27(18)5/h6-7,9-10,12-13H,8,11H2,1-5H3,(H,23,25,26). The van der Waals surface area contributed by atoms with E-state index in [1.54, 1.807) is 40.2 Å². The van der Waals surface area contributed by atoms with Gasteiger partial charge in [0.1, 0.15) is 17.5 Å². The largest absolute Gasteiger partial charge is 0.458 e. The SMILES string of the molecule is CC(C(=O)OC(C)(C)C)N1CCc2sc(-c3ccnc(Nc4ccnn4C)n3)cc2C1=O. The van der Waals surface area contributed by atoms with Crippen molar-refractivity contribution >= 4 is 35.0 Å². The smallest absolute Gasteiger partial charge is 0.329 e. The molecule has 1 amide bonds. The Bertz CT molecular complexity index is 1160. The third kappa shape index (κ3) is 4.50. The van der Waals surface area contributed by atoms with E-state index in [0.717, 1.165) is 21.3 Å². The molecular formula is C22H26N6O3S. The van der Waals surface area contributed by atoms with Crippen LogP contribution in [0.2, 0.25) is 0 Å². The van der Waals surface area contributed by atoms with Gasteiger partial charge in [-0.1, -0.05) is 0 Å². The van der Waals surface area contributed by atoms with Gasteiger partial charge in [0, 0.05) is 37.2 Å². The summed E-state index contributed by atoms with van der Waals surface area (Å²) in [5, 5.41) is 7.27. The van der Waals surface area contributed by atoms with E-state index in [0.29, 0.717) is 24.5 Å². The number of hydrogen-bond donors (Lipinski definition) is 1. The summed E-state index contributed by atoms with van der Waals surface area (Å²) in [5.41, 5.74) is 0.745. The number of aromatic nitrogens is 4. The van der Waals surface area contributed by atoms with E-state index in [9.17, 15) is 9.59 Å². The van der Waals surface area contributed by atoms with Crippen LogP contribution in [-0.4, -0.2) is 54.7 Å². The van der Waals surface area contributed by atoms with Crippen molar-refractivity contribution in [3.8, 4) is 10.6 Å². The van der Waals surface area contributed by atoms with Crippen molar-refractivity contribution < 1.29 is 14.3 Å². The summed E-state index contributed by atoms with van der Waals surface area (Å²) >= 11 is 1.54. The zero-order valence-corrected chi connectivity index (χ0v) is 19.6. The quantitative estimate of drug-likeness (QED) is 0.590. The summed E-state index contributed by atoms with van der Waals surface area (Å²) in [4.78, 5) is 38.0. The minimum absolute atomic E-state index is 0.158. The first-order valence-electron chi connectivity index (χ1n) is 10.4. The highest BCUT2D eigenvalue weighted by molar-refractivity contribution is 7.15. The van der Waals surface area contributed by atoms with E-state index in [-0.39, 0.29) is 5.91 Å². The van der Waals surface area contributed by atoms with Crippen LogP contribution >= 0.6 is 11.3 Å². The maximum Gasteiger partial charge on any atom is 0.329 e. The highest BCUT2D eigenvalue weighted by Crippen LogP contribution is 2.35. The second kappa shape index (κ2) is 8.34. The number of anilines is 2. The average molecular weight is 455 g/mol. The van der Waals surface area contributed by atoms with E-state index in [2.05, 4.69) is 20.4 Å². The number of aryl methyl sites for hydroxylation is 1. The minimum Gasteiger partial charge on any atom is -0.458 e. The number of fused-ring (bicyclic) bond motifs is 1. The molecule has 1 N–H and O–H groups in total. The zero-order valence-electron chi connectivity index (χ0n) is 18.7. The maximum atomic E-state index is 13.2. The third-order valence-electron chi connectivity index (χ3n) is 5.06. The van der Waals surface area contributed by atoms with Crippen molar-refractivity contribution in [3.05, 3.63) is 41.0 Å².